The van der Waals surface area contributed by atoms with Gasteiger partial charge in [-0.3, -0.25) is 0 Å². The van der Waals surface area contributed by atoms with Crippen molar-refractivity contribution < 1.29 is 14.2 Å². The third-order valence-electron chi connectivity index (χ3n) is 3.14. The maximum atomic E-state index is 5.53. The van der Waals surface area contributed by atoms with Crippen molar-refractivity contribution in [2.75, 3.05) is 32.2 Å². The average molecular weight is 266 g/mol. The zero-order valence-corrected chi connectivity index (χ0v) is 11.6. The second kappa shape index (κ2) is 7.31. The number of pyridine rings is 1. The van der Waals surface area contributed by atoms with E-state index in [9.17, 15) is 0 Å². The lowest BCUT2D eigenvalue weighted by Crippen LogP contribution is -2.40. The van der Waals surface area contributed by atoms with Crippen LogP contribution in [0.25, 0.3) is 0 Å². The standard InChI is InChI=1S/C14H22N2O3/c1-3-18-13-8-12(9-13)16-11-4-5-14(15-10-11)19-7-6-17-2/h4-5,10,12-13,16H,3,6-9H2,1-2H3. The lowest BCUT2D eigenvalue weighted by atomic mass is 9.89. The van der Waals surface area contributed by atoms with Crippen molar-refractivity contribution in [3.05, 3.63) is 18.3 Å². The highest BCUT2D eigenvalue weighted by Crippen LogP contribution is 2.26. The molecule has 1 aromatic heterocycles. The van der Waals surface area contributed by atoms with Gasteiger partial charge in [0.2, 0.25) is 5.88 Å². The summed E-state index contributed by atoms with van der Waals surface area (Å²) in [5.74, 6) is 0.628. The highest BCUT2D eigenvalue weighted by molar-refractivity contribution is 5.43. The van der Waals surface area contributed by atoms with Gasteiger partial charge in [0.15, 0.2) is 0 Å². The van der Waals surface area contributed by atoms with E-state index in [4.69, 9.17) is 14.2 Å². The Kier molecular flexibility index (Phi) is 5.42. The van der Waals surface area contributed by atoms with Gasteiger partial charge in [0.1, 0.15) is 6.61 Å². The smallest absolute Gasteiger partial charge is 0.213 e. The number of rotatable bonds is 8. The molecule has 0 spiro atoms. The van der Waals surface area contributed by atoms with E-state index in [0.29, 0.717) is 31.2 Å². The second-order valence-electron chi connectivity index (χ2n) is 4.62. The van der Waals surface area contributed by atoms with E-state index in [-0.39, 0.29) is 0 Å². The van der Waals surface area contributed by atoms with Gasteiger partial charge in [-0.15, -0.1) is 0 Å². The van der Waals surface area contributed by atoms with Crippen LogP contribution in [0, 0.1) is 0 Å². The molecule has 5 nitrogen and oxygen atoms in total. The molecule has 1 heterocycles. The zero-order chi connectivity index (χ0) is 13.5. The van der Waals surface area contributed by atoms with Crippen LogP contribution >= 0.6 is 0 Å². The first kappa shape index (κ1) is 14.1. The summed E-state index contributed by atoms with van der Waals surface area (Å²) in [6.45, 7) is 3.93. The number of hydrogen-bond acceptors (Lipinski definition) is 5. The van der Waals surface area contributed by atoms with Crippen LogP contribution in [0.15, 0.2) is 18.3 Å². The normalized spacial score (nSPS) is 21.8. The summed E-state index contributed by atoms with van der Waals surface area (Å²) in [4.78, 5) is 4.25. The lowest BCUT2D eigenvalue weighted by Gasteiger charge is -2.35. The molecule has 0 unspecified atom stereocenters. The molecule has 1 aliphatic rings. The molecule has 1 fully saturated rings. The van der Waals surface area contributed by atoms with Gasteiger partial charge in [0.25, 0.3) is 0 Å². The molecule has 1 aliphatic carbocycles. The zero-order valence-electron chi connectivity index (χ0n) is 11.6. The van der Waals surface area contributed by atoms with Gasteiger partial charge >= 0.3 is 0 Å². The second-order valence-corrected chi connectivity index (χ2v) is 4.62. The molecule has 1 N–H and O–H groups in total. The fourth-order valence-electron chi connectivity index (χ4n) is 2.07. The minimum Gasteiger partial charge on any atom is -0.475 e. The number of nitrogens with zero attached hydrogens (tertiary/aromatic N) is 1. The predicted molar refractivity (Wildman–Crippen MR) is 73.7 cm³/mol. The minimum atomic E-state index is 0.423. The molecule has 2 rings (SSSR count). The first-order chi connectivity index (χ1) is 9.31. The van der Waals surface area contributed by atoms with Gasteiger partial charge in [-0.05, 0) is 25.8 Å². The molecule has 0 aliphatic heterocycles. The predicted octanol–water partition coefficient (Wildman–Crippen LogP) is 2.09. The lowest BCUT2D eigenvalue weighted by molar-refractivity contribution is 0.00298. The van der Waals surface area contributed by atoms with Crippen molar-refractivity contribution in [2.24, 2.45) is 0 Å². The topological polar surface area (TPSA) is 52.6 Å². The number of nitrogens with one attached hydrogen (secondary N) is 1. The summed E-state index contributed by atoms with van der Waals surface area (Å²) < 4.78 is 15.9. The first-order valence-corrected chi connectivity index (χ1v) is 6.77. The van der Waals surface area contributed by atoms with Crippen molar-refractivity contribution in [1.29, 1.82) is 0 Å². The summed E-state index contributed by atoms with van der Waals surface area (Å²) in [6, 6.07) is 4.36. The van der Waals surface area contributed by atoms with Gasteiger partial charge in [-0.1, -0.05) is 0 Å². The number of methoxy groups -OCH3 is 1. The maximum Gasteiger partial charge on any atom is 0.213 e. The summed E-state index contributed by atoms with van der Waals surface area (Å²) in [7, 11) is 1.65. The Morgan fingerprint density at radius 2 is 2.16 bits per heavy atom. The van der Waals surface area contributed by atoms with Crippen LogP contribution in [0.4, 0.5) is 5.69 Å². The number of aromatic nitrogens is 1. The molecule has 1 saturated carbocycles. The summed E-state index contributed by atoms with van der Waals surface area (Å²) >= 11 is 0. The number of ether oxygens (including phenoxy) is 3. The molecule has 19 heavy (non-hydrogen) atoms. The summed E-state index contributed by atoms with van der Waals surface area (Å²) in [6.07, 6.45) is 4.36. The maximum absolute atomic E-state index is 5.53. The van der Waals surface area contributed by atoms with Crippen molar-refractivity contribution in [3.63, 3.8) is 0 Å². The number of hydrogen-bond donors (Lipinski definition) is 1. The van der Waals surface area contributed by atoms with Crippen molar-refractivity contribution in [3.8, 4) is 5.88 Å². The van der Waals surface area contributed by atoms with E-state index in [1.165, 1.54) is 0 Å². The molecule has 0 amide bonds. The van der Waals surface area contributed by atoms with Crippen LogP contribution in [0.1, 0.15) is 19.8 Å². The first-order valence-electron chi connectivity index (χ1n) is 6.77. The molecule has 1 aromatic rings. The average Bonchev–Trinajstić information content (AvgIpc) is 2.38. The van der Waals surface area contributed by atoms with E-state index in [0.717, 1.165) is 25.1 Å². The highest BCUT2D eigenvalue weighted by Gasteiger charge is 2.29. The molecule has 5 heteroatoms. The third-order valence-corrected chi connectivity index (χ3v) is 3.14. The molecule has 0 saturated heterocycles. The molecule has 106 valence electrons. The SMILES string of the molecule is CCOC1CC(Nc2ccc(OCCOC)nc2)C1. The van der Waals surface area contributed by atoms with Gasteiger partial charge < -0.3 is 19.5 Å². The molecule has 0 atom stereocenters. The number of anilines is 1. The van der Waals surface area contributed by atoms with Gasteiger partial charge in [0, 0.05) is 25.8 Å². The van der Waals surface area contributed by atoms with Crippen molar-refractivity contribution in [2.45, 2.75) is 31.9 Å². The van der Waals surface area contributed by atoms with Crippen molar-refractivity contribution in [1.82, 2.24) is 4.98 Å². The minimum absolute atomic E-state index is 0.423. The summed E-state index contributed by atoms with van der Waals surface area (Å²) in [5, 5.41) is 3.44. The van der Waals surface area contributed by atoms with Gasteiger partial charge in [-0.2, -0.15) is 0 Å². The monoisotopic (exact) mass is 266 g/mol. The Hall–Kier alpha value is -1.33. The fraction of sp³-hybridized carbons (Fsp3) is 0.643. The quantitative estimate of drug-likeness (QED) is 0.730. The van der Waals surface area contributed by atoms with Gasteiger partial charge in [-0.25, -0.2) is 4.98 Å². The van der Waals surface area contributed by atoms with Crippen LogP contribution in [0.2, 0.25) is 0 Å². The van der Waals surface area contributed by atoms with E-state index in [1.807, 2.05) is 19.1 Å². The Morgan fingerprint density at radius 1 is 1.32 bits per heavy atom. The molecule has 0 radical (unpaired) electrons. The molecule has 0 bridgehead atoms. The van der Waals surface area contributed by atoms with Crippen LogP contribution in [-0.2, 0) is 9.47 Å². The Morgan fingerprint density at radius 3 is 2.79 bits per heavy atom. The van der Waals surface area contributed by atoms with Crippen LogP contribution in [0.5, 0.6) is 5.88 Å². The Balaban J connectivity index is 1.70. The van der Waals surface area contributed by atoms with E-state index in [2.05, 4.69) is 10.3 Å². The fourth-order valence-corrected chi connectivity index (χ4v) is 2.07. The van der Waals surface area contributed by atoms with Gasteiger partial charge in [0.05, 0.1) is 24.6 Å². The highest BCUT2D eigenvalue weighted by atomic mass is 16.5. The van der Waals surface area contributed by atoms with E-state index < -0.39 is 0 Å². The van der Waals surface area contributed by atoms with Crippen molar-refractivity contribution >= 4 is 5.69 Å². The Bertz CT molecular complexity index is 363. The molecular formula is C14H22N2O3. The third kappa shape index (κ3) is 4.36. The molecule has 0 aromatic carbocycles. The molecular weight excluding hydrogens is 244 g/mol. The van der Waals surface area contributed by atoms with Crippen LogP contribution < -0.4 is 10.1 Å². The van der Waals surface area contributed by atoms with E-state index in [1.54, 1.807) is 13.3 Å². The summed E-state index contributed by atoms with van der Waals surface area (Å²) in [5.41, 5.74) is 1.03. The van der Waals surface area contributed by atoms with Crippen LogP contribution in [0.3, 0.4) is 0 Å². The largest absolute Gasteiger partial charge is 0.475 e. The Labute approximate surface area is 114 Å². The van der Waals surface area contributed by atoms with E-state index >= 15 is 0 Å². The van der Waals surface area contributed by atoms with Crippen LogP contribution in [-0.4, -0.2) is 44.1 Å².